The van der Waals surface area contributed by atoms with Crippen LogP contribution in [0.5, 0.6) is 0 Å². The molecule has 2 aromatic heterocycles. The first-order valence-electron chi connectivity index (χ1n) is 6.36. The number of rotatable bonds is 3. The van der Waals surface area contributed by atoms with Gasteiger partial charge in [0.05, 0.1) is 11.9 Å². The number of benzene rings is 1. The molecule has 3 rings (SSSR count). The zero-order valence-corrected chi connectivity index (χ0v) is 12.8. The highest BCUT2D eigenvalue weighted by molar-refractivity contribution is 6.35. The average molecular weight is 336 g/mol. The van der Waals surface area contributed by atoms with E-state index in [4.69, 9.17) is 29.0 Å². The quantitative estimate of drug-likeness (QED) is 0.437. The number of aromatic nitrogens is 3. The van der Waals surface area contributed by atoms with Gasteiger partial charge in [-0.05, 0) is 29.8 Å². The summed E-state index contributed by atoms with van der Waals surface area (Å²) in [4.78, 5) is 16.1. The third-order valence-corrected chi connectivity index (χ3v) is 3.78. The van der Waals surface area contributed by atoms with Crippen LogP contribution in [0.25, 0.3) is 11.0 Å². The number of carbonyl (C=O) groups excluding carboxylic acids is 1. The summed E-state index contributed by atoms with van der Waals surface area (Å²) in [6, 6.07) is 8.71. The highest BCUT2D eigenvalue weighted by Gasteiger charge is 2.17. The van der Waals surface area contributed by atoms with Crippen molar-refractivity contribution in [2.45, 2.75) is 6.54 Å². The molecule has 0 spiro atoms. The van der Waals surface area contributed by atoms with E-state index in [1.165, 1.54) is 0 Å². The van der Waals surface area contributed by atoms with Crippen LogP contribution in [0.15, 0.2) is 36.5 Å². The van der Waals surface area contributed by atoms with E-state index in [9.17, 15) is 4.79 Å². The van der Waals surface area contributed by atoms with Crippen molar-refractivity contribution >= 4 is 40.1 Å². The van der Waals surface area contributed by atoms with Crippen molar-refractivity contribution in [1.82, 2.24) is 20.2 Å². The molecule has 0 saturated carbocycles. The number of nitrogens with one attached hydrogen (secondary N) is 1. The molecule has 22 heavy (non-hydrogen) atoms. The van der Waals surface area contributed by atoms with Crippen molar-refractivity contribution in [3.63, 3.8) is 0 Å². The molecule has 0 bridgehead atoms. The molecule has 0 unspecified atom stereocenters. The third kappa shape index (κ3) is 2.64. The number of nitrogen functional groups attached to an aromatic ring is 1. The highest BCUT2D eigenvalue weighted by Crippen LogP contribution is 2.23. The number of nitrogens with zero attached hydrogens (tertiary/aromatic N) is 3. The Morgan fingerprint density at radius 2 is 2.14 bits per heavy atom. The largest absolute Gasteiger partial charge is 0.289 e. The molecule has 3 aromatic rings. The summed E-state index contributed by atoms with van der Waals surface area (Å²) in [6.45, 7) is 0.362. The van der Waals surface area contributed by atoms with Crippen molar-refractivity contribution in [2.75, 3.05) is 0 Å². The lowest BCUT2D eigenvalue weighted by Crippen LogP contribution is -2.30. The predicted molar refractivity (Wildman–Crippen MR) is 84.7 cm³/mol. The lowest BCUT2D eigenvalue weighted by atomic mass is 10.2. The first-order valence-corrected chi connectivity index (χ1v) is 7.12. The number of fused-ring (bicyclic) bond motifs is 1. The van der Waals surface area contributed by atoms with Gasteiger partial charge in [-0.2, -0.15) is 5.10 Å². The summed E-state index contributed by atoms with van der Waals surface area (Å²) >= 11 is 12.1. The first kappa shape index (κ1) is 14.8. The van der Waals surface area contributed by atoms with E-state index in [2.05, 4.69) is 15.5 Å². The molecule has 0 saturated heterocycles. The van der Waals surface area contributed by atoms with E-state index in [0.717, 1.165) is 5.56 Å². The van der Waals surface area contributed by atoms with Crippen molar-refractivity contribution in [1.29, 1.82) is 0 Å². The second-order valence-corrected chi connectivity index (χ2v) is 5.43. The number of pyridine rings is 1. The van der Waals surface area contributed by atoms with Crippen LogP contribution >= 0.6 is 23.2 Å². The Morgan fingerprint density at radius 3 is 2.86 bits per heavy atom. The van der Waals surface area contributed by atoms with Gasteiger partial charge >= 0.3 is 0 Å². The number of hydrazine groups is 1. The van der Waals surface area contributed by atoms with Crippen LogP contribution in [-0.4, -0.2) is 20.7 Å². The number of carbonyl (C=O) groups is 1. The molecule has 0 aliphatic rings. The van der Waals surface area contributed by atoms with Crippen LogP contribution in [0, 0.1) is 0 Å². The minimum absolute atomic E-state index is 0.218. The van der Waals surface area contributed by atoms with Gasteiger partial charge in [0.15, 0.2) is 11.3 Å². The predicted octanol–water partition coefficient (Wildman–Crippen LogP) is 2.39. The van der Waals surface area contributed by atoms with Crippen molar-refractivity contribution in [2.24, 2.45) is 5.84 Å². The molecule has 0 radical (unpaired) electrons. The van der Waals surface area contributed by atoms with Crippen molar-refractivity contribution in [3.8, 4) is 0 Å². The van der Waals surface area contributed by atoms with Crippen molar-refractivity contribution < 1.29 is 4.79 Å². The van der Waals surface area contributed by atoms with Crippen LogP contribution in [-0.2, 0) is 6.54 Å². The maximum atomic E-state index is 11.8. The molecule has 1 amide bonds. The molecule has 3 N–H and O–H groups in total. The normalized spacial score (nSPS) is 10.9. The molecule has 0 atom stereocenters. The minimum atomic E-state index is -0.473. The summed E-state index contributed by atoms with van der Waals surface area (Å²) in [5.74, 6) is 4.72. The van der Waals surface area contributed by atoms with Gasteiger partial charge in [0.1, 0.15) is 0 Å². The summed E-state index contributed by atoms with van der Waals surface area (Å²) in [7, 11) is 0. The molecule has 112 valence electrons. The summed E-state index contributed by atoms with van der Waals surface area (Å²) in [6.07, 6.45) is 1.63. The van der Waals surface area contributed by atoms with E-state index >= 15 is 0 Å². The lowest BCUT2D eigenvalue weighted by Gasteiger charge is -2.05. The van der Waals surface area contributed by atoms with Gasteiger partial charge in [-0.25, -0.2) is 15.5 Å². The first-order chi connectivity index (χ1) is 10.6. The second kappa shape index (κ2) is 5.92. The minimum Gasteiger partial charge on any atom is -0.289 e. The van der Waals surface area contributed by atoms with Gasteiger partial charge in [-0.15, -0.1) is 0 Å². The van der Waals surface area contributed by atoms with E-state index in [1.807, 2.05) is 6.07 Å². The van der Waals surface area contributed by atoms with Crippen LogP contribution in [0.4, 0.5) is 0 Å². The molecule has 2 heterocycles. The van der Waals surface area contributed by atoms with Gasteiger partial charge < -0.3 is 0 Å². The zero-order valence-electron chi connectivity index (χ0n) is 11.3. The monoisotopic (exact) mass is 335 g/mol. The average Bonchev–Trinajstić information content (AvgIpc) is 2.88. The van der Waals surface area contributed by atoms with Gasteiger partial charge in [0, 0.05) is 16.2 Å². The number of halogens is 2. The van der Waals surface area contributed by atoms with Crippen LogP contribution < -0.4 is 11.3 Å². The maximum Gasteiger partial charge on any atom is 0.286 e. The fourth-order valence-electron chi connectivity index (χ4n) is 2.17. The fraction of sp³-hybridized carbons (Fsp3) is 0.0714. The Hall–Kier alpha value is -2.15. The smallest absolute Gasteiger partial charge is 0.286 e. The van der Waals surface area contributed by atoms with Gasteiger partial charge in [0.2, 0.25) is 0 Å². The number of amides is 1. The molecule has 8 heteroatoms. The third-order valence-electron chi connectivity index (χ3n) is 3.19. The van der Waals surface area contributed by atoms with Crippen molar-refractivity contribution in [3.05, 3.63) is 57.8 Å². The van der Waals surface area contributed by atoms with Gasteiger partial charge in [0.25, 0.3) is 5.91 Å². The number of hydrogen-bond donors (Lipinski definition) is 2. The van der Waals surface area contributed by atoms with E-state index in [0.29, 0.717) is 27.6 Å². The van der Waals surface area contributed by atoms with Crippen LogP contribution in [0.1, 0.15) is 16.1 Å². The molecule has 0 aliphatic heterocycles. The molecular weight excluding hydrogens is 325 g/mol. The van der Waals surface area contributed by atoms with Crippen LogP contribution in [0.2, 0.25) is 10.0 Å². The number of hydrogen-bond acceptors (Lipinski definition) is 4. The van der Waals surface area contributed by atoms with E-state index in [1.54, 1.807) is 35.1 Å². The van der Waals surface area contributed by atoms with Crippen LogP contribution in [0.3, 0.4) is 0 Å². The maximum absolute atomic E-state index is 11.8. The summed E-state index contributed by atoms with van der Waals surface area (Å²) in [5, 5.41) is 5.99. The van der Waals surface area contributed by atoms with E-state index < -0.39 is 5.91 Å². The molecule has 0 fully saturated rings. The fourth-order valence-corrected chi connectivity index (χ4v) is 2.64. The Bertz CT molecular complexity index is 862. The Morgan fingerprint density at radius 1 is 1.32 bits per heavy atom. The molecule has 0 aliphatic carbocycles. The second-order valence-electron chi connectivity index (χ2n) is 4.59. The SMILES string of the molecule is NNC(=O)c1nn(Cc2ccc(Cl)cc2Cl)c2ncccc12. The lowest BCUT2D eigenvalue weighted by molar-refractivity contribution is 0.0949. The van der Waals surface area contributed by atoms with Gasteiger partial charge in [-0.1, -0.05) is 29.3 Å². The topological polar surface area (TPSA) is 85.8 Å². The number of nitrogens with two attached hydrogens (primary N) is 1. The summed E-state index contributed by atoms with van der Waals surface area (Å²) in [5.41, 5.74) is 3.70. The standard InChI is InChI=1S/C14H11Cl2N5O/c15-9-4-3-8(11(16)6-9)7-21-13-10(2-1-5-18-13)12(20-21)14(22)19-17/h1-6H,7,17H2,(H,19,22). The summed E-state index contributed by atoms with van der Waals surface area (Å²) < 4.78 is 1.61. The molecular formula is C14H11Cl2N5O. The Kier molecular flexibility index (Phi) is 3.98. The highest BCUT2D eigenvalue weighted by atomic mass is 35.5. The van der Waals surface area contributed by atoms with Gasteiger partial charge in [-0.3, -0.25) is 10.2 Å². The molecule has 6 nitrogen and oxygen atoms in total. The molecule has 1 aromatic carbocycles. The Balaban J connectivity index is 2.09. The Labute approximate surface area is 135 Å². The van der Waals surface area contributed by atoms with E-state index in [-0.39, 0.29) is 5.69 Å². The zero-order chi connectivity index (χ0) is 15.7.